The monoisotopic (exact) mass is 470 g/mol. The number of piperazine rings is 1. The molecule has 0 N–H and O–H groups in total. The number of thiophene rings is 1. The van der Waals surface area contributed by atoms with Crippen molar-refractivity contribution < 1.29 is 27.5 Å². The first-order valence-electron chi connectivity index (χ1n) is 9.00. The Morgan fingerprint density at radius 1 is 1.10 bits per heavy atom. The second-order valence-electron chi connectivity index (χ2n) is 6.54. The SMILES string of the molecule is CC(=O)N1CCN(S(=O)(=O)c2cccc(C(=O)OCC(=O)c3ccc(Cl)s3)c2)CC1. The number of amides is 1. The minimum absolute atomic E-state index is 0.0236. The smallest absolute Gasteiger partial charge is 0.338 e. The van der Waals surface area contributed by atoms with Gasteiger partial charge in [0.05, 0.1) is 19.7 Å². The van der Waals surface area contributed by atoms with Crippen molar-refractivity contribution in [2.24, 2.45) is 0 Å². The Kier molecular flexibility index (Phi) is 6.91. The second-order valence-corrected chi connectivity index (χ2v) is 10.2. The van der Waals surface area contributed by atoms with Gasteiger partial charge in [0.25, 0.3) is 0 Å². The van der Waals surface area contributed by atoms with Gasteiger partial charge in [0.15, 0.2) is 6.61 Å². The average molecular weight is 471 g/mol. The topological polar surface area (TPSA) is 101 Å². The molecule has 1 aromatic carbocycles. The summed E-state index contributed by atoms with van der Waals surface area (Å²) in [6, 6.07) is 8.59. The molecule has 30 heavy (non-hydrogen) atoms. The number of halogens is 1. The van der Waals surface area contributed by atoms with Crippen molar-refractivity contribution in [2.75, 3.05) is 32.8 Å². The van der Waals surface area contributed by atoms with E-state index in [1.807, 2.05) is 0 Å². The van der Waals surface area contributed by atoms with Gasteiger partial charge in [-0.25, -0.2) is 13.2 Å². The van der Waals surface area contributed by atoms with Crippen LogP contribution in [0.15, 0.2) is 41.3 Å². The third-order valence-electron chi connectivity index (χ3n) is 4.57. The van der Waals surface area contributed by atoms with Crippen molar-refractivity contribution >= 4 is 50.6 Å². The molecule has 0 radical (unpaired) electrons. The molecule has 11 heteroatoms. The first kappa shape index (κ1) is 22.4. The maximum Gasteiger partial charge on any atom is 0.338 e. The van der Waals surface area contributed by atoms with Crippen LogP contribution in [0.2, 0.25) is 4.34 Å². The van der Waals surface area contributed by atoms with Crippen LogP contribution >= 0.6 is 22.9 Å². The summed E-state index contributed by atoms with van der Waals surface area (Å²) in [6.45, 7) is 1.94. The van der Waals surface area contributed by atoms with E-state index in [2.05, 4.69) is 0 Å². The van der Waals surface area contributed by atoms with Crippen LogP contribution in [0.1, 0.15) is 27.0 Å². The molecule has 8 nitrogen and oxygen atoms in total. The molecule has 1 aromatic heterocycles. The first-order valence-corrected chi connectivity index (χ1v) is 11.6. The highest BCUT2D eigenvalue weighted by Crippen LogP contribution is 2.22. The lowest BCUT2D eigenvalue weighted by Gasteiger charge is -2.33. The summed E-state index contributed by atoms with van der Waals surface area (Å²) in [5, 5.41) is 0. The zero-order valence-corrected chi connectivity index (χ0v) is 18.4. The fourth-order valence-electron chi connectivity index (χ4n) is 2.93. The average Bonchev–Trinajstić information content (AvgIpc) is 3.18. The van der Waals surface area contributed by atoms with Crippen molar-refractivity contribution in [3.8, 4) is 0 Å². The molecule has 0 bridgehead atoms. The summed E-state index contributed by atoms with van der Waals surface area (Å²) < 4.78 is 32.6. The van der Waals surface area contributed by atoms with E-state index < -0.39 is 28.4 Å². The number of carbonyl (C=O) groups is 3. The van der Waals surface area contributed by atoms with E-state index in [4.69, 9.17) is 16.3 Å². The van der Waals surface area contributed by atoms with Crippen LogP contribution in [-0.4, -0.2) is 68.1 Å². The number of ketones is 1. The van der Waals surface area contributed by atoms with Crippen LogP contribution in [-0.2, 0) is 19.6 Å². The lowest BCUT2D eigenvalue weighted by atomic mass is 10.2. The molecule has 0 saturated carbocycles. The largest absolute Gasteiger partial charge is 0.454 e. The molecule has 1 aliphatic heterocycles. The van der Waals surface area contributed by atoms with Crippen LogP contribution in [0, 0.1) is 0 Å². The standard InChI is InChI=1S/C19H19ClN2O6S2/c1-13(23)21-7-9-22(10-8-21)30(26,27)15-4-2-3-14(11-15)19(25)28-12-16(24)17-5-6-18(20)29-17/h2-6,11H,7-10,12H2,1H3. The van der Waals surface area contributed by atoms with Crippen LogP contribution in [0.4, 0.5) is 0 Å². The zero-order valence-electron chi connectivity index (χ0n) is 16.0. The molecule has 0 spiro atoms. The number of rotatable bonds is 6. The van der Waals surface area contributed by atoms with E-state index in [0.29, 0.717) is 22.3 Å². The molecule has 0 aliphatic carbocycles. The minimum Gasteiger partial charge on any atom is -0.454 e. The molecule has 3 rings (SSSR count). The van der Waals surface area contributed by atoms with Crippen molar-refractivity contribution in [2.45, 2.75) is 11.8 Å². The maximum atomic E-state index is 12.9. The van der Waals surface area contributed by atoms with Crippen LogP contribution in [0.5, 0.6) is 0 Å². The molecule has 2 heterocycles. The summed E-state index contributed by atoms with van der Waals surface area (Å²) in [7, 11) is -3.83. The third kappa shape index (κ3) is 5.07. The molecule has 160 valence electrons. The molecular weight excluding hydrogens is 452 g/mol. The predicted molar refractivity (Wildman–Crippen MR) is 111 cm³/mol. The Bertz CT molecular complexity index is 1070. The van der Waals surface area contributed by atoms with Crippen LogP contribution < -0.4 is 0 Å². The van der Waals surface area contributed by atoms with Crippen LogP contribution in [0.25, 0.3) is 0 Å². The van der Waals surface area contributed by atoms with Gasteiger partial charge >= 0.3 is 5.97 Å². The minimum atomic E-state index is -3.83. The van der Waals surface area contributed by atoms with Crippen molar-refractivity contribution in [3.05, 3.63) is 51.2 Å². The molecule has 0 unspecified atom stereocenters. The third-order valence-corrected chi connectivity index (χ3v) is 7.74. The number of esters is 1. The summed E-state index contributed by atoms with van der Waals surface area (Å²) in [5.74, 6) is -1.30. The van der Waals surface area contributed by atoms with Gasteiger partial charge in [-0.15, -0.1) is 11.3 Å². The number of hydrogen-bond acceptors (Lipinski definition) is 7. The van der Waals surface area contributed by atoms with Gasteiger partial charge in [0, 0.05) is 33.1 Å². The summed E-state index contributed by atoms with van der Waals surface area (Å²) in [4.78, 5) is 37.7. The number of benzene rings is 1. The van der Waals surface area contributed by atoms with E-state index in [1.54, 1.807) is 17.0 Å². The number of hydrogen-bond donors (Lipinski definition) is 0. The Hall–Kier alpha value is -2.27. The highest BCUT2D eigenvalue weighted by molar-refractivity contribution is 7.89. The predicted octanol–water partition coefficient (Wildman–Crippen LogP) is 2.29. The Labute approximate surface area is 183 Å². The van der Waals surface area contributed by atoms with Crippen molar-refractivity contribution in [1.29, 1.82) is 0 Å². The van der Waals surface area contributed by atoms with Crippen molar-refractivity contribution in [1.82, 2.24) is 9.21 Å². The normalized spacial score (nSPS) is 15.1. The molecule has 1 saturated heterocycles. The lowest BCUT2D eigenvalue weighted by Crippen LogP contribution is -2.49. The van der Waals surface area contributed by atoms with Crippen molar-refractivity contribution in [3.63, 3.8) is 0 Å². The quantitative estimate of drug-likeness (QED) is 0.474. The Morgan fingerprint density at radius 2 is 1.80 bits per heavy atom. The summed E-state index contributed by atoms with van der Waals surface area (Å²) >= 11 is 6.87. The van der Waals surface area contributed by atoms with E-state index >= 15 is 0 Å². The number of sulfonamides is 1. The van der Waals surface area contributed by atoms with E-state index in [9.17, 15) is 22.8 Å². The fourth-order valence-corrected chi connectivity index (χ4v) is 5.36. The molecule has 1 aliphatic rings. The van der Waals surface area contributed by atoms with Gasteiger partial charge in [0.2, 0.25) is 21.7 Å². The van der Waals surface area contributed by atoms with Gasteiger partial charge in [0.1, 0.15) is 0 Å². The molecular formula is C19H19ClN2O6S2. The van der Waals surface area contributed by atoms with Gasteiger partial charge in [-0.3, -0.25) is 9.59 Å². The number of Topliss-reactive ketones (excluding diaryl/α,β-unsaturated/α-hetero) is 1. The highest BCUT2D eigenvalue weighted by Gasteiger charge is 2.29. The van der Waals surface area contributed by atoms with E-state index in [1.165, 1.54) is 35.5 Å². The van der Waals surface area contributed by atoms with Gasteiger partial charge in [-0.05, 0) is 30.3 Å². The zero-order chi connectivity index (χ0) is 21.9. The first-order chi connectivity index (χ1) is 14.2. The van der Waals surface area contributed by atoms with E-state index in [-0.39, 0.29) is 29.5 Å². The van der Waals surface area contributed by atoms with E-state index in [0.717, 1.165) is 11.3 Å². The summed E-state index contributed by atoms with van der Waals surface area (Å²) in [5.41, 5.74) is 0.0236. The second kappa shape index (κ2) is 9.25. The number of ether oxygens (including phenoxy) is 1. The van der Waals surface area contributed by atoms with Gasteiger partial charge in [-0.1, -0.05) is 17.7 Å². The van der Waals surface area contributed by atoms with Gasteiger partial charge < -0.3 is 9.64 Å². The maximum absolute atomic E-state index is 12.9. The lowest BCUT2D eigenvalue weighted by molar-refractivity contribution is -0.129. The van der Waals surface area contributed by atoms with Crippen LogP contribution in [0.3, 0.4) is 0 Å². The highest BCUT2D eigenvalue weighted by atomic mass is 35.5. The molecule has 1 fully saturated rings. The summed E-state index contributed by atoms with van der Waals surface area (Å²) in [6.07, 6.45) is 0. The Morgan fingerprint density at radius 3 is 2.40 bits per heavy atom. The number of carbonyl (C=O) groups excluding carboxylic acids is 3. The molecule has 2 aromatic rings. The molecule has 0 atom stereocenters. The van der Waals surface area contributed by atoms with Gasteiger partial charge in [-0.2, -0.15) is 4.31 Å². The molecule has 1 amide bonds. The Balaban J connectivity index is 1.67. The number of nitrogens with zero attached hydrogens (tertiary/aromatic N) is 2. The fraction of sp³-hybridized carbons (Fsp3) is 0.316.